The van der Waals surface area contributed by atoms with Crippen LogP contribution in [0.4, 0.5) is 0 Å². The molecule has 3 N–H and O–H groups in total. The molecule has 8 heteroatoms. The Balaban J connectivity index is 2.09. The van der Waals surface area contributed by atoms with Crippen molar-refractivity contribution >= 4 is 15.9 Å². The van der Waals surface area contributed by atoms with Crippen LogP contribution in [-0.4, -0.2) is 49.9 Å². The van der Waals surface area contributed by atoms with Crippen LogP contribution in [0.3, 0.4) is 0 Å². The van der Waals surface area contributed by atoms with Crippen molar-refractivity contribution in [3.05, 3.63) is 18.0 Å². The zero-order valence-electron chi connectivity index (χ0n) is 13.1. The molecular formula is C14H24N4O3S. The molecule has 0 bridgehead atoms. The fourth-order valence-corrected chi connectivity index (χ4v) is 4.40. The standard InChI is InChI=1S/C14H24N4O3S/c1-16-6-3-11-4-7-18(8-5-11)22(20,21)12-9-13(14(15)19)17(2)10-12/h9-11,16H,3-8H2,1-2H3,(H2,15,19). The van der Waals surface area contributed by atoms with Gasteiger partial charge in [0.1, 0.15) is 10.6 Å². The summed E-state index contributed by atoms with van der Waals surface area (Å²) in [6.07, 6.45) is 4.26. The van der Waals surface area contributed by atoms with Crippen LogP contribution in [0.1, 0.15) is 29.8 Å². The summed E-state index contributed by atoms with van der Waals surface area (Å²) in [7, 11) is -0.0159. The Kier molecular flexibility index (Phi) is 5.25. The second kappa shape index (κ2) is 6.80. The molecule has 1 aliphatic rings. The molecule has 1 saturated heterocycles. The average molecular weight is 328 g/mol. The summed E-state index contributed by atoms with van der Waals surface area (Å²) in [6, 6.07) is 1.35. The molecule has 0 atom stereocenters. The summed E-state index contributed by atoms with van der Waals surface area (Å²) in [5, 5.41) is 3.12. The fourth-order valence-electron chi connectivity index (χ4n) is 2.86. The molecule has 0 saturated carbocycles. The minimum absolute atomic E-state index is 0.137. The number of sulfonamides is 1. The van der Waals surface area contributed by atoms with E-state index in [1.54, 1.807) is 7.05 Å². The van der Waals surface area contributed by atoms with Crippen molar-refractivity contribution in [3.8, 4) is 0 Å². The molecule has 2 rings (SSSR count). The zero-order valence-corrected chi connectivity index (χ0v) is 13.9. The van der Waals surface area contributed by atoms with E-state index in [4.69, 9.17) is 5.73 Å². The van der Waals surface area contributed by atoms with Crippen LogP contribution in [0.2, 0.25) is 0 Å². The monoisotopic (exact) mass is 328 g/mol. The van der Waals surface area contributed by atoms with E-state index in [2.05, 4.69) is 5.32 Å². The Labute approximate surface area is 131 Å². The lowest BCUT2D eigenvalue weighted by molar-refractivity contribution is 0.0992. The van der Waals surface area contributed by atoms with E-state index in [9.17, 15) is 13.2 Å². The minimum atomic E-state index is -3.55. The van der Waals surface area contributed by atoms with Crippen molar-refractivity contribution in [3.63, 3.8) is 0 Å². The highest BCUT2D eigenvalue weighted by molar-refractivity contribution is 7.89. The van der Waals surface area contributed by atoms with E-state index in [1.807, 2.05) is 7.05 Å². The van der Waals surface area contributed by atoms with Gasteiger partial charge in [-0.3, -0.25) is 4.79 Å². The average Bonchev–Trinajstić information content (AvgIpc) is 2.88. The van der Waals surface area contributed by atoms with Gasteiger partial charge in [-0.15, -0.1) is 0 Å². The molecule has 0 aliphatic carbocycles. The molecule has 1 amide bonds. The number of primary amides is 1. The fraction of sp³-hybridized carbons (Fsp3) is 0.643. The van der Waals surface area contributed by atoms with Crippen LogP contribution in [-0.2, 0) is 17.1 Å². The number of aromatic nitrogens is 1. The van der Waals surface area contributed by atoms with Gasteiger partial charge in [-0.2, -0.15) is 4.31 Å². The predicted octanol–water partition coefficient (Wildman–Crippen LogP) is 0.134. The summed E-state index contributed by atoms with van der Waals surface area (Å²) in [5.74, 6) is -0.0643. The summed E-state index contributed by atoms with van der Waals surface area (Å²) in [5.41, 5.74) is 5.44. The Morgan fingerprint density at radius 1 is 1.41 bits per heavy atom. The number of rotatable bonds is 6. The van der Waals surface area contributed by atoms with Crippen LogP contribution >= 0.6 is 0 Å². The molecule has 0 spiro atoms. The van der Waals surface area contributed by atoms with Crippen LogP contribution in [0, 0.1) is 5.92 Å². The number of carbonyl (C=O) groups is 1. The first kappa shape index (κ1) is 17.0. The Morgan fingerprint density at radius 3 is 2.55 bits per heavy atom. The van der Waals surface area contributed by atoms with Gasteiger partial charge in [0.25, 0.3) is 5.91 Å². The van der Waals surface area contributed by atoms with Gasteiger partial charge in [0, 0.05) is 26.3 Å². The number of amides is 1. The predicted molar refractivity (Wildman–Crippen MR) is 84.0 cm³/mol. The van der Waals surface area contributed by atoms with Gasteiger partial charge in [0.05, 0.1) is 0 Å². The quantitative estimate of drug-likeness (QED) is 0.776. The van der Waals surface area contributed by atoms with E-state index >= 15 is 0 Å². The molecule has 2 heterocycles. The van der Waals surface area contributed by atoms with Crippen molar-refractivity contribution < 1.29 is 13.2 Å². The van der Waals surface area contributed by atoms with Crippen molar-refractivity contribution in [2.24, 2.45) is 18.7 Å². The highest BCUT2D eigenvalue weighted by Gasteiger charge is 2.30. The Bertz CT molecular complexity index is 631. The first-order valence-corrected chi connectivity index (χ1v) is 8.91. The second-order valence-corrected chi connectivity index (χ2v) is 7.71. The van der Waals surface area contributed by atoms with Gasteiger partial charge >= 0.3 is 0 Å². The summed E-state index contributed by atoms with van der Waals surface area (Å²) < 4.78 is 28.2. The zero-order chi connectivity index (χ0) is 16.3. The van der Waals surface area contributed by atoms with E-state index in [1.165, 1.54) is 21.1 Å². The first-order chi connectivity index (χ1) is 10.4. The molecule has 1 aliphatic heterocycles. The maximum absolute atomic E-state index is 12.6. The molecular weight excluding hydrogens is 304 g/mol. The lowest BCUT2D eigenvalue weighted by Gasteiger charge is -2.30. The number of nitrogens with zero attached hydrogens (tertiary/aromatic N) is 2. The molecule has 7 nitrogen and oxygen atoms in total. The third-order valence-electron chi connectivity index (χ3n) is 4.25. The summed E-state index contributed by atoms with van der Waals surface area (Å²) in [6.45, 7) is 2.01. The normalized spacial score (nSPS) is 17.7. The number of aryl methyl sites for hydroxylation is 1. The Hall–Kier alpha value is -1.38. The highest BCUT2D eigenvalue weighted by Crippen LogP contribution is 2.26. The van der Waals surface area contributed by atoms with Crippen LogP contribution in [0.15, 0.2) is 17.2 Å². The lowest BCUT2D eigenvalue weighted by Crippen LogP contribution is -2.38. The maximum Gasteiger partial charge on any atom is 0.265 e. The Morgan fingerprint density at radius 2 is 2.05 bits per heavy atom. The van der Waals surface area contributed by atoms with Crippen LogP contribution in [0.5, 0.6) is 0 Å². The molecule has 124 valence electrons. The second-order valence-electron chi connectivity index (χ2n) is 5.78. The number of hydrogen-bond donors (Lipinski definition) is 2. The molecule has 1 aromatic heterocycles. The SMILES string of the molecule is CNCCC1CCN(S(=O)(=O)c2cc(C(N)=O)n(C)c2)CC1. The highest BCUT2D eigenvalue weighted by atomic mass is 32.2. The van der Waals surface area contributed by atoms with Gasteiger partial charge in [-0.1, -0.05) is 0 Å². The van der Waals surface area contributed by atoms with Gasteiger partial charge in [0.15, 0.2) is 0 Å². The largest absolute Gasteiger partial charge is 0.364 e. The minimum Gasteiger partial charge on any atom is -0.364 e. The topological polar surface area (TPSA) is 97.4 Å². The van der Waals surface area contributed by atoms with E-state index < -0.39 is 15.9 Å². The van der Waals surface area contributed by atoms with E-state index in [0.717, 1.165) is 25.8 Å². The van der Waals surface area contributed by atoms with E-state index in [-0.39, 0.29) is 10.6 Å². The summed E-state index contributed by atoms with van der Waals surface area (Å²) >= 11 is 0. The third kappa shape index (κ3) is 3.50. The summed E-state index contributed by atoms with van der Waals surface area (Å²) in [4.78, 5) is 11.4. The number of hydrogen-bond acceptors (Lipinski definition) is 4. The molecule has 1 aromatic rings. The number of nitrogens with two attached hydrogens (primary N) is 1. The lowest BCUT2D eigenvalue weighted by atomic mass is 9.95. The van der Waals surface area contributed by atoms with Crippen molar-refractivity contribution in [1.29, 1.82) is 0 Å². The first-order valence-electron chi connectivity index (χ1n) is 7.47. The van der Waals surface area contributed by atoms with Crippen molar-refractivity contribution in [2.75, 3.05) is 26.7 Å². The van der Waals surface area contributed by atoms with Gasteiger partial charge in [0.2, 0.25) is 10.0 Å². The number of piperidine rings is 1. The molecule has 0 radical (unpaired) electrons. The van der Waals surface area contributed by atoms with Crippen LogP contribution in [0.25, 0.3) is 0 Å². The molecule has 22 heavy (non-hydrogen) atoms. The molecule has 0 unspecified atom stereocenters. The van der Waals surface area contributed by atoms with Gasteiger partial charge < -0.3 is 15.6 Å². The van der Waals surface area contributed by atoms with Gasteiger partial charge in [-0.05, 0) is 44.8 Å². The van der Waals surface area contributed by atoms with Crippen molar-refractivity contribution in [2.45, 2.75) is 24.2 Å². The number of carbonyl (C=O) groups excluding carboxylic acids is 1. The van der Waals surface area contributed by atoms with Gasteiger partial charge in [-0.25, -0.2) is 8.42 Å². The van der Waals surface area contributed by atoms with Crippen LogP contribution < -0.4 is 11.1 Å². The molecule has 1 fully saturated rings. The maximum atomic E-state index is 12.6. The molecule has 0 aromatic carbocycles. The van der Waals surface area contributed by atoms with Crippen molar-refractivity contribution in [1.82, 2.24) is 14.2 Å². The van der Waals surface area contributed by atoms with E-state index in [0.29, 0.717) is 19.0 Å². The number of nitrogens with one attached hydrogen (secondary N) is 1. The third-order valence-corrected chi connectivity index (χ3v) is 6.11. The smallest absolute Gasteiger partial charge is 0.265 e.